The highest BCUT2D eigenvalue weighted by Gasteiger charge is 2.19. The van der Waals surface area contributed by atoms with Gasteiger partial charge >= 0.3 is 0 Å². The number of pyridine rings is 1. The fraction of sp³-hybridized carbons (Fsp3) is 0.400. The number of piperidine rings is 1. The maximum Gasteiger partial charge on any atom is 0.251 e. The van der Waals surface area contributed by atoms with Gasteiger partial charge in [-0.2, -0.15) is 0 Å². The molecule has 1 saturated heterocycles. The SMILES string of the molecule is COc1ccc2ccc(=O)n(CCN3CCC(NCc4ccc(N)c(C)c4)CC3)c2c1. The minimum atomic E-state index is 0.0381. The third kappa shape index (κ3) is 5.09. The van der Waals surface area contributed by atoms with E-state index in [1.807, 2.05) is 34.9 Å². The van der Waals surface area contributed by atoms with E-state index in [1.165, 1.54) is 5.56 Å². The second kappa shape index (κ2) is 9.54. The molecule has 6 nitrogen and oxygen atoms in total. The first-order chi connectivity index (χ1) is 15.0. The van der Waals surface area contributed by atoms with Gasteiger partial charge in [0.1, 0.15) is 5.75 Å². The van der Waals surface area contributed by atoms with E-state index in [0.717, 1.165) is 66.9 Å². The molecule has 3 aromatic rings. The van der Waals surface area contributed by atoms with Crippen LogP contribution in [0.25, 0.3) is 10.9 Å². The number of hydrogen-bond donors (Lipinski definition) is 2. The highest BCUT2D eigenvalue weighted by molar-refractivity contribution is 5.80. The molecule has 1 fully saturated rings. The fourth-order valence-corrected chi connectivity index (χ4v) is 4.34. The van der Waals surface area contributed by atoms with Gasteiger partial charge in [0.25, 0.3) is 5.56 Å². The Labute approximate surface area is 183 Å². The van der Waals surface area contributed by atoms with E-state index in [1.54, 1.807) is 13.2 Å². The third-order valence-corrected chi connectivity index (χ3v) is 6.36. The van der Waals surface area contributed by atoms with Crippen LogP contribution in [0.1, 0.15) is 24.0 Å². The monoisotopic (exact) mass is 420 g/mol. The van der Waals surface area contributed by atoms with Gasteiger partial charge in [-0.25, -0.2) is 0 Å². The van der Waals surface area contributed by atoms with Crippen LogP contribution in [0.4, 0.5) is 5.69 Å². The lowest BCUT2D eigenvalue weighted by molar-refractivity contribution is 0.191. The summed E-state index contributed by atoms with van der Waals surface area (Å²) in [5, 5.41) is 4.74. The van der Waals surface area contributed by atoms with Gasteiger partial charge in [0.05, 0.1) is 12.6 Å². The van der Waals surface area contributed by atoms with Crippen molar-refractivity contribution in [2.24, 2.45) is 0 Å². The summed E-state index contributed by atoms with van der Waals surface area (Å²) in [5.41, 5.74) is 10.1. The molecule has 0 radical (unpaired) electrons. The number of aryl methyl sites for hydroxylation is 1. The summed E-state index contributed by atoms with van der Waals surface area (Å²) in [4.78, 5) is 15.0. The Hall–Kier alpha value is -2.83. The molecule has 3 N–H and O–H groups in total. The Morgan fingerprint density at radius 2 is 1.84 bits per heavy atom. The second-order valence-corrected chi connectivity index (χ2v) is 8.44. The molecule has 0 saturated carbocycles. The molecule has 0 amide bonds. The van der Waals surface area contributed by atoms with Gasteiger partial charge in [0.2, 0.25) is 0 Å². The highest BCUT2D eigenvalue weighted by atomic mass is 16.5. The molecule has 1 aliphatic rings. The van der Waals surface area contributed by atoms with Crippen LogP contribution < -0.4 is 21.3 Å². The zero-order chi connectivity index (χ0) is 21.8. The minimum Gasteiger partial charge on any atom is -0.497 e. The Balaban J connectivity index is 1.31. The number of nitrogens with zero attached hydrogens (tertiary/aromatic N) is 2. The van der Waals surface area contributed by atoms with Crippen LogP contribution in [0.5, 0.6) is 5.75 Å². The van der Waals surface area contributed by atoms with Crippen LogP contribution in [-0.4, -0.2) is 42.3 Å². The van der Waals surface area contributed by atoms with Crippen molar-refractivity contribution in [2.75, 3.05) is 32.5 Å². The van der Waals surface area contributed by atoms with E-state index >= 15 is 0 Å². The van der Waals surface area contributed by atoms with Gasteiger partial charge in [-0.3, -0.25) is 4.79 Å². The number of methoxy groups -OCH3 is 1. The number of benzene rings is 2. The lowest BCUT2D eigenvalue weighted by Gasteiger charge is -2.32. The van der Waals surface area contributed by atoms with Crippen molar-refractivity contribution in [1.82, 2.24) is 14.8 Å². The van der Waals surface area contributed by atoms with Crippen LogP contribution in [0.15, 0.2) is 53.3 Å². The molecule has 0 unspecified atom stereocenters. The van der Waals surface area contributed by atoms with Gasteiger partial charge in [-0.1, -0.05) is 12.1 Å². The van der Waals surface area contributed by atoms with Crippen molar-refractivity contribution in [1.29, 1.82) is 0 Å². The minimum absolute atomic E-state index is 0.0381. The van der Waals surface area contributed by atoms with Crippen molar-refractivity contribution >= 4 is 16.6 Å². The smallest absolute Gasteiger partial charge is 0.251 e. The van der Waals surface area contributed by atoms with Crippen LogP contribution >= 0.6 is 0 Å². The van der Waals surface area contributed by atoms with Gasteiger partial charge in [-0.05, 0) is 73.6 Å². The number of nitrogens with two attached hydrogens (primary N) is 1. The number of fused-ring (bicyclic) bond motifs is 1. The van der Waals surface area contributed by atoms with Gasteiger partial charge in [0, 0.05) is 43.5 Å². The summed E-state index contributed by atoms with van der Waals surface area (Å²) >= 11 is 0. The number of nitrogen functional groups attached to an aromatic ring is 1. The van der Waals surface area contributed by atoms with Gasteiger partial charge in [0.15, 0.2) is 0 Å². The molecule has 2 heterocycles. The predicted molar refractivity (Wildman–Crippen MR) is 127 cm³/mol. The van der Waals surface area contributed by atoms with Crippen molar-refractivity contribution < 1.29 is 4.74 Å². The average Bonchev–Trinajstić information content (AvgIpc) is 2.79. The average molecular weight is 421 g/mol. The van der Waals surface area contributed by atoms with Crippen LogP contribution in [0.3, 0.4) is 0 Å². The Bertz CT molecular complexity index is 1100. The molecule has 2 aromatic carbocycles. The van der Waals surface area contributed by atoms with Crippen molar-refractivity contribution in [2.45, 2.75) is 38.9 Å². The zero-order valence-corrected chi connectivity index (χ0v) is 18.4. The lowest BCUT2D eigenvalue weighted by atomic mass is 10.0. The topological polar surface area (TPSA) is 72.5 Å². The molecule has 1 aromatic heterocycles. The quantitative estimate of drug-likeness (QED) is 0.575. The number of anilines is 1. The summed E-state index contributed by atoms with van der Waals surface area (Å²) in [5.74, 6) is 0.773. The molecule has 6 heteroatoms. The lowest BCUT2D eigenvalue weighted by Crippen LogP contribution is -2.43. The normalized spacial score (nSPS) is 15.4. The first-order valence-corrected chi connectivity index (χ1v) is 11.0. The van der Waals surface area contributed by atoms with E-state index in [9.17, 15) is 4.79 Å². The van der Waals surface area contributed by atoms with Crippen LogP contribution in [0.2, 0.25) is 0 Å². The van der Waals surface area contributed by atoms with Crippen molar-refractivity contribution in [3.05, 3.63) is 70.0 Å². The Morgan fingerprint density at radius 3 is 2.58 bits per heavy atom. The molecular formula is C25H32N4O2. The number of nitrogens with one attached hydrogen (secondary N) is 1. The number of rotatable bonds is 7. The number of ether oxygens (including phenoxy) is 1. The first-order valence-electron chi connectivity index (χ1n) is 11.0. The molecule has 164 valence electrons. The van der Waals surface area contributed by atoms with E-state index in [0.29, 0.717) is 12.6 Å². The summed E-state index contributed by atoms with van der Waals surface area (Å²) in [6.45, 7) is 6.57. The van der Waals surface area contributed by atoms with Gasteiger partial charge < -0.3 is 25.3 Å². The van der Waals surface area contributed by atoms with Crippen LogP contribution in [-0.2, 0) is 13.1 Å². The van der Waals surface area contributed by atoms with Crippen molar-refractivity contribution in [3.8, 4) is 5.75 Å². The molecule has 0 aliphatic carbocycles. The predicted octanol–water partition coefficient (Wildman–Crippen LogP) is 3.15. The third-order valence-electron chi connectivity index (χ3n) is 6.36. The number of likely N-dealkylation sites (tertiary alicyclic amines) is 1. The fourth-order valence-electron chi connectivity index (χ4n) is 4.34. The van der Waals surface area contributed by atoms with Crippen LogP contribution in [0, 0.1) is 6.92 Å². The molecule has 0 spiro atoms. The summed E-state index contributed by atoms with van der Waals surface area (Å²) in [6.07, 6.45) is 2.23. The second-order valence-electron chi connectivity index (χ2n) is 8.44. The standard InChI is InChI=1S/C25H32N4O2/c1-18-15-19(3-7-23(18)26)17-27-21-9-11-28(12-10-21)13-14-29-24-16-22(31-2)6-4-20(24)5-8-25(29)30/h3-8,15-16,21,27H,9-14,17,26H2,1-2H3. The molecule has 4 rings (SSSR count). The summed E-state index contributed by atoms with van der Waals surface area (Å²) in [7, 11) is 1.65. The Kier molecular flexibility index (Phi) is 6.59. The molecule has 1 aliphatic heterocycles. The van der Waals surface area contributed by atoms with Gasteiger partial charge in [-0.15, -0.1) is 0 Å². The largest absolute Gasteiger partial charge is 0.497 e. The molecule has 31 heavy (non-hydrogen) atoms. The van der Waals surface area contributed by atoms with E-state index in [2.05, 4.69) is 29.3 Å². The van der Waals surface area contributed by atoms with Crippen molar-refractivity contribution in [3.63, 3.8) is 0 Å². The Morgan fingerprint density at radius 1 is 1.06 bits per heavy atom. The maximum atomic E-state index is 12.5. The first kappa shape index (κ1) is 21.4. The van der Waals surface area contributed by atoms with E-state index < -0.39 is 0 Å². The summed E-state index contributed by atoms with van der Waals surface area (Å²) in [6, 6.07) is 16.2. The molecule has 0 atom stereocenters. The highest BCUT2D eigenvalue weighted by Crippen LogP contribution is 2.20. The number of aromatic nitrogens is 1. The van der Waals surface area contributed by atoms with E-state index in [-0.39, 0.29) is 5.56 Å². The number of hydrogen-bond acceptors (Lipinski definition) is 5. The van der Waals surface area contributed by atoms with E-state index in [4.69, 9.17) is 10.5 Å². The molecular weight excluding hydrogens is 388 g/mol. The maximum absolute atomic E-state index is 12.5. The summed E-state index contributed by atoms with van der Waals surface area (Å²) < 4.78 is 7.22. The molecule has 0 bridgehead atoms. The zero-order valence-electron chi connectivity index (χ0n) is 18.4.